The number of rotatable bonds is 2. The molecule has 0 bridgehead atoms. The number of oxazole rings is 1. The third kappa shape index (κ3) is 2.43. The monoisotopic (exact) mass is 206 g/mol. The van der Waals surface area contributed by atoms with Crippen molar-refractivity contribution in [2.75, 3.05) is 7.11 Å². The highest BCUT2D eigenvalue weighted by molar-refractivity contribution is 5.88. The molecule has 13 heavy (non-hydrogen) atoms. The van der Waals surface area contributed by atoms with Crippen LogP contribution < -0.4 is 5.73 Å². The Morgan fingerprint density at radius 2 is 2.31 bits per heavy atom. The lowest BCUT2D eigenvalue weighted by Crippen LogP contribution is -2.04. The van der Waals surface area contributed by atoms with E-state index in [4.69, 9.17) is 10.2 Å². The van der Waals surface area contributed by atoms with Crippen molar-refractivity contribution < 1.29 is 13.9 Å². The van der Waals surface area contributed by atoms with E-state index >= 15 is 0 Å². The summed E-state index contributed by atoms with van der Waals surface area (Å²) in [5.74, 6) is 0.270. The molecule has 0 spiro atoms. The lowest BCUT2D eigenvalue weighted by Gasteiger charge is -1.91. The molecule has 0 aliphatic carbocycles. The quantitative estimate of drug-likeness (QED) is 0.719. The molecule has 0 saturated carbocycles. The molecule has 0 aromatic carbocycles. The maximum atomic E-state index is 11.0. The van der Waals surface area contributed by atoms with E-state index in [-0.39, 0.29) is 24.6 Å². The van der Waals surface area contributed by atoms with Crippen LogP contribution in [0.5, 0.6) is 0 Å². The largest absolute Gasteiger partial charge is 0.464 e. The Kier molecular flexibility index (Phi) is 4.44. The van der Waals surface area contributed by atoms with Crippen molar-refractivity contribution in [1.29, 1.82) is 0 Å². The maximum Gasteiger partial charge on any atom is 0.360 e. The van der Waals surface area contributed by atoms with Gasteiger partial charge in [-0.2, -0.15) is 0 Å². The fourth-order valence-electron chi connectivity index (χ4n) is 0.825. The highest BCUT2D eigenvalue weighted by Gasteiger charge is 2.16. The number of carbonyl (C=O) groups is 1. The molecule has 6 heteroatoms. The first kappa shape index (κ1) is 11.9. The van der Waals surface area contributed by atoms with Gasteiger partial charge in [-0.1, -0.05) is 0 Å². The number of hydrogen-bond donors (Lipinski definition) is 1. The first-order valence-electron chi connectivity index (χ1n) is 3.43. The normalized spacial score (nSPS) is 9.15. The van der Waals surface area contributed by atoms with Gasteiger partial charge in [0.2, 0.25) is 5.89 Å². The van der Waals surface area contributed by atoms with Crippen molar-refractivity contribution in [3.63, 3.8) is 0 Å². The van der Waals surface area contributed by atoms with Gasteiger partial charge in [-0.25, -0.2) is 9.78 Å². The highest BCUT2D eigenvalue weighted by atomic mass is 35.5. The molecule has 0 aliphatic rings. The number of nitrogens with zero attached hydrogens (tertiary/aromatic N) is 1. The number of halogens is 1. The number of carbonyl (C=O) groups excluding carboxylic acids is 1. The summed E-state index contributed by atoms with van der Waals surface area (Å²) in [6, 6.07) is 0. The maximum absolute atomic E-state index is 11.0. The first-order valence-corrected chi connectivity index (χ1v) is 3.43. The van der Waals surface area contributed by atoms with Crippen LogP contribution in [0, 0.1) is 6.92 Å². The summed E-state index contributed by atoms with van der Waals surface area (Å²) in [5.41, 5.74) is 5.46. The smallest absolute Gasteiger partial charge is 0.360 e. The zero-order valence-electron chi connectivity index (χ0n) is 7.36. The Labute approximate surface area is 81.7 Å². The van der Waals surface area contributed by atoms with Crippen LogP contribution in [0.15, 0.2) is 4.42 Å². The second kappa shape index (κ2) is 4.84. The summed E-state index contributed by atoms with van der Waals surface area (Å²) in [6.45, 7) is 1.82. The van der Waals surface area contributed by atoms with Crippen molar-refractivity contribution in [3.8, 4) is 0 Å². The number of nitrogens with two attached hydrogens (primary N) is 1. The summed E-state index contributed by atoms with van der Waals surface area (Å²) in [6.07, 6.45) is 0. The van der Waals surface area contributed by atoms with E-state index < -0.39 is 5.97 Å². The molecule has 1 aromatic heterocycles. The van der Waals surface area contributed by atoms with E-state index in [0.29, 0.717) is 11.7 Å². The Balaban J connectivity index is 0.00000144. The van der Waals surface area contributed by atoms with Crippen LogP contribution in [0.1, 0.15) is 22.1 Å². The molecule has 0 aliphatic heterocycles. The lowest BCUT2D eigenvalue weighted by molar-refractivity contribution is 0.0593. The molecule has 0 unspecified atom stereocenters. The van der Waals surface area contributed by atoms with Gasteiger partial charge in [-0.05, 0) is 6.92 Å². The Morgan fingerprint density at radius 3 is 2.69 bits per heavy atom. The first-order chi connectivity index (χ1) is 5.69. The number of ether oxygens (including phenoxy) is 1. The van der Waals surface area contributed by atoms with Crippen molar-refractivity contribution in [2.45, 2.75) is 13.5 Å². The molecule has 2 N–H and O–H groups in total. The molecule has 74 valence electrons. The van der Waals surface area contributed by atoms with Crippen LogP contribution in [0.4, 0.5) is 0 Å². The molecule has 1 aromatic rings. The van der Waals surface area contributed by atoms with E-state index in [2.05, 4.69) is 9.72 Å². The van der Waals surface area contributed by atoms with Crippen LogP contribution >= 0.6 is 12.4 Å². The lowest BCUT2D eigenvalue weighted by atomic mass is 10.4. The SMILES string of the molecule is COC(=O)c1nc(CN)oc1C.Cl. The van der Waals surface area contributed by atoms with Crippen LogP contribution in [0.25, 0.3) is 0 Å². The topological polar surface area (TPSA) is 78.3 Å². The van der Waals surface area contributed by atoms with E-state index in [1.54, 1.807) is 6.92 Å². The van der Waals surface area contributed by atoms with E-state index in [1.165, 1.54) is 7.11 Å². The molecule has 0 fully saturated rings. The summed E-state index contributed by atoms with van der Waals surface area (Å²) < 4.78 is 9.52. The van der Waals surface area contributed by atoms with Crippen molar-refractivity contribution >= 4 is 18.4 Å². The predicted octanol–water partition coefficient (Wildman–Crippen LogP) is 0.650. The molecule has 0 radical (unpaired) electrons. The van der Waals surface area contributed by atoms with Gasteiger partial charge >= 0.3 is 5.97 Å². The third-order valence-electron chi connectivity index (χ3n) is 1.39. The Hall–Kier alpha value is -1.07. The van der Waals surface area contributed by atoms with Crippen molar-refractivity contribution in [2.24, 2.45) is 5.73 Å². The van der Waals surface area contributed by atoms with Crippen molar-refractivity contribution in [1.82, 2.24) is 4.98 Å². The van der Waals surface area contributed by atoms with Gasteiger partial charge in [-0.15, -0.1) is 12.4 Å². The van der Waals surface area contributed by atoms with Gasteiger partial charge in [0.15, 0.2) is 5.69 Å². The Morgan fingerprint density at radius 1 is 1.69 bits per heavy atom. The number of aryl methyl sites for hydroxylation is 1. The molecule has 1 heterocycles. The molecule has 0 atom stereocenters. The van der Waals surface area contributed by atoms with Crippen LogP contribution in [-0.4, -0.2) is 18.1 Å². The van der Waals surface area contributed by atoms with Gasteiger partial charge in [0, 0.05) is 0 Å². The average Bonchev–Trinajstić information content (AvgIpc) is 2.45. The molecule has 0 amide bonds. The van der Waals surface area contributed by atoms with Crippen LogP contribution in [-0.2, 0) is 11.3 Å². The molecule has 5 nitrogen and oxygen atoms in total. The van der Waals surface area contributed by atoms with Crippen LogP contribution in [0.2, 0.25) is 0 Å². The minimum atomic E-state index is -0.504. The minimum absolute atomic E-state index is 0. The van der Waals surface area contributed by atoms with E-state index in [0.717, 1.165) is 0 Å². The zero-order valence-corrected chi connectivity index (χ0v) is 8.18. The number of hydrogen-bond acceptors (Lipinski definition) is 5. The standard InChI is InChI=1S/C7H10N2O3.ClH/c1-4-6(7(10)11-2)9-5(3-8)12-4;/h3,8H2,1-2H3;1H. The number of esters is 1. The third-order valence-corrected chi connectivity index (χ3v) is 1.39. The zero-order chi connectivity index (χ0) is 9.14. The van der Waals surface area contributed by atoms with Crippen LogP contribution in [0.3, 0.4) is 0 Å². The molecule has 0 saturated heterocycles. The van der Waals surface area contributed by atoms with Gasteiger partial charge < -0.3 is 14.9 Å². The summed E-state index contributed by atoms with van der Waals surface area (Å²) >= 11 is 0. The summed E-state index contributed by atoms with van der Waals surface area (Å²) in [7, 11) is 1.29. The highest BCUT2D eigenvalue weighted by Crippen LogP contribution is 2.09. The van der Waals surface area contributed by atoms with E-state index in [9.17, 15) is 4.79 Å². The second-order valence-corrected chi connectivity index (χ2v) is 2.21. The number of aromatic nitrogens is 1. The fourth-order valence-corrected chi connectivity index (χ4v) is 0.825. The summed E-state index contributed by atoms with van der Waals surface area (Å²) in [5, 5.41) is 0. The van der Waals surface area contributed by atoms with Crippen molar-refractivity contribution in [3.05, 3.63) is 17.3 Å². The number of methoxy groups -OCH3 is 1. The van der Waals surface area contributed by atoms with Gasteiger partial charge in [0.1, 0.15) is 5.76 Å². The minimum Gasteiger partial charge on any atom is -0.464 e. The predicted molar refractivity (Wildman–Crippen MR) is 47.7 cm³/mol. The molecular weight excluding hydrogens is 196 g/mol. The van der Waals surface area contributed by atoms with E-state index in [1.807, 2.05) is 0 Å². The summed E-state index contributed by atoms with van der Waals surface area (Å²) in [4.78, 5) is 14.8. The molecule has 1 rings (SSSR count). The van der Waals surface area contributed by atoms with Gasteiger partial charge in [0.05, 0.1) is 13.7 Å². The van der Waals surface area contributed by atoms with Gasteiger partial charge in [-0.3, -0.25) is 0 Å². The average molecular weight is 207 g/mol. The second-order valence-electron chi connectivity index (χ2n) is 2.21. The fraction of sp³-hybridized carbons (Fsp3) is 0.429. The molecular formula is C7H11ClN2O3. The Bertz CT molecular complexity index is 298. The van der Waals surface area contributed by atoms with Gasteiger partial charge in [0.25, 0.3) is 0 Å².